The van der Waals surface area contributed by atoms with Crippen molar-refractivity contribution in [3.63, 3.8) is 0 Å². The van der Waals surface area contributed by atoms with Crippen LogP contribution in [0.15, 0.2) is 12.1 Å². The van der Waals surface area contributed by atoms with Gasteiger partial charge in [0.25, 0.3) is 5.91 Å². The van der Waals surface area contributed by atoms with Crippen LogP contribution in [0.5, 0.6) is 0 Å². The molecule has 18 heavy (non-hydrogen) atoms. The minimum absolute atomic E-state index is 0.0230. The summed E-state index contributed by atoms with van der Waals surface area (Å²) in [7, 11) is -0.992. The maximum Gasteiger partial charge on any atom is 0.492 e. The fourth-order valence-corrected chi connectivity index (χ4v) is 2.24. The van der Waals surface area contributed by atoms with Gasteiger partial charge < -0.3 is 19.8 Å². The molecule has 0 bridgehead atoms. The molecule has 1 aromatic carbocycles. The van der Waals surface area contributed by atoms with Crippen LogP contribution >= 0.6 is 0 Å². The number of hydrogen-bond donors (Lipinski definition) is 2. The predicted molar refractivity (Wildman–Crippen MR) is 66.7 cm³/mol. The minimum Gasteiger partial charge on any atom is -0.423 e. The molecular formula is C12H14BNO4. The van der Waals surface area contributed by atoms with Crippen molar-refractivity contribution in [1.82, 2.24) is 5.32 Å². The monoisotopic (exact) mass is 247 g/mol. The zero-order valence-corrected chi connectivity index (χ0v) is 10.3. The number of benzene rings is 1. The zero-order chi connectivity index (χ0) is 13.3. The van der Waals surface area contributed by atoms with Crippen molar-refractivity contribution in [3.8, 4) is 0 Å². The molecule has 2 rings (SSSR count). The maximum atomic E-state index is 11.8. The summed E-state index contributed by atoms with van der Waals surface area (Å²) in [5.74, 6) is -0.325. The number of amides is 1. The smallest absolute Gasteiger partial charge is 0.423 e. The van der Waals surface area contributed by atoms with Crippen molar-refractivity contribution in [2.45, 2.75) is 20.0 Å². The van der Waals surface area contributed by atoms with Gasteiger partial charge in [-0.1, -0.05) is 6.07 Å². The number of rotatable bonds is 3. The van der Waals surface area contributed by atoms with Gasteiger partial charge in [-0.15, -0.1) is 0 Å². The van der Waals surface area contributed by atoms with Gasteiger partial charge in [-0.3, -0.25) is 4.79 Å². The number of nitrogens with one attached hydrogen (secondary N) is 1. The van der Waals surface area contributed by atoms with E-state index in [1.54, 1.807) is 19.1 Å². The molecule has 0 aliphatic carbocycles. The molecule has 0 saturated carbocycles. The Balaban J connectivity index is 2.38. The van der Waals surface area contributed by atoms with Gasteiger partial charge in [0.2, 0.25) is 0 Å². The van der Waals surface area contributed by atoms with Crippen LogP contribution < -0.4 is 10.8 Å². The van der Waals surface area contributed by atoms with Gasteiger partial charge in [0, 0.05) is 5.56 Å². The van der Waals surface area contributed by atoms with Crippen LogP contribution in [0, 0.1) is 6.92 Å². The van der Waals surface area contributed by atoms with Crippen LogP contribution in [0.2, 0.25) is 0 Å². The molecule has 94 valence electrons. The zero-order valence-electron chi connectivity index (χ0n) is 10.3. The lowest BCUT2D eigenvalue weighted by Crippen LogP contribution is -2.34. The average molecular weight is 247 g/mol. The lowest BCUT2D eigenvalue weighted by Gasteiger charge is -2.10. The SMILES string of the molecule is Cc1c(C(=O)NCC=O)ccc2c1B(O)OC2C. The molecule has 0 spiro atoms. The van der Waals surface area contributed by atoms with Crippen LogP contribution in [0.4, 0.5) is 0 Å². The first-order chi connectivity index (χ1) is 8.56. The molecule has 0 fully saturated rings. The van der Waals surface area contributed by atoms with Crippen molar-refractivity contribution in [1.29, 1.82) is 0 Å². The summed E-state index contributed by atoms with van der Waals surface area (Å²) in [6.07, 6.45) is 0.446. The molecule has 0 saturated heterocycles. The third kappa shape index (κ3) is 2.04. The number of aldehydes is 1. The van der Waals surface area contributed by atoms with Gasteiger partial charge in [0.05, 0.1) is 12.6 Å². The third-order valence-electron chi connectivity index (χ3n) is 3.16. The van der Waals surface area contributed by atoms with Crippen molar-refractivity contribution < 1.29 is 19.3 Å². The topological polar surface area (TPSA) is 75.6 Å². The van der Waals surface area contributed by atoms with Gasteiger partial charge in [0.1, 0.15) is 6.29 Å². The summed E-state index contributed by atoms with van der Waals surface area (Å²) in [6.45, 7) is 3.59. The van der Waals surface area contributed by atoms with Crippen molar-refractivity contribution in [2.24, 2.45) is 0 Å². The highest BCUT2D eigenvalue weighted by atomic mass is 16.5. The molecule has 1 aliphatic rings. The van der Waals surface area contributed by atoms with E-state index >= 15 is 0 Å². The summed E-state index contributed by atoms with van der Waals surface area (Å²) in [4.78, 5) is 22.1. The Labute approximate surface area is 105 Å². The summed E-state index contributed by atoms with van der Waals surface area (Å²) in [5, 5.41) is 12.3. The average Bonchev–Trinajstić information content (AvgIpc) is 2.63. The summed E-state index contributed by atoms with van der Waals surface area (Å²) in [5.41, 5.74) is 2.69. The van der Waals surface area contributed by atoms with E-state index in [4.69, 9.17) is 4.65 Å². The van der Waals surface area contributed by atoms with Gasteiger partial charge in [-0.2, -0.15) is 0 Å². The highest BCUT2D eigenvalue weighted by Gasteiger charge is 2.35. The molecule has 1 atom stereocenters. The van der Waals surface area contributed by atoms with Crippen LogP contribution in [-0.4, -0.2) is 30.9 Å². The highest BCUT2D eigenvalue weighted by Crippen LogP contribution is 2.25. The van der Waals surface area contributed by atoms with Crippen LogP contribution in [0.25, 0.3) is 0 Å². The van der Waals surface area contributed by atoms with Crippen molar-refractivity contribution in [2.75, 3.05) is 6.54 Å². The van der Waals surface area contributed by atoms with Crippen LogP contribution in [0.1, 0.15) is 34.5 Å². The second-order valence-electron chi connectivity index (χ2n) is 4.25. The first kappa shape index (κ1) is 12.8. The Hall–Kier alpha value is -1.66. The molecule has 1 heterocycles. The Kier molecular flexibility index (Phi) is 3.49. The molecule has 6 heteroatoms. The first-order valence-corrected chi connectivity index (χ1v) is 5.75. The van der Waals surface area contributed by atoms with Gasteiger partial charge in [-0.25, -0.2) is 0 Å². The first-order valence-electron chi connectivity index (χ1n) is 5.75. The lowest BCUT2D eigenvalue weighted by molar-refractivity contribution is -0.107. The van der Waals surface area contributed by atoms with E-state index in [9.17, 15) is 14.6 Å². The highest BCUT2D eigenvalue weighted by molar-refractivity contribution is 6.62. The standard InChI is InChI=1S/C12H14BNO4/c1-7-9(12(16)14-5-6-15)3-4-10-8(2)18-13(17)11(7)10/h3-4,6,8,17H,5H2,1-2H3,(H,14,16). The fourth-order valence-electron chi connectivity index (χ4n) is 2.24. The number of fused-ring (bicyclic) bond motifs is 1. The molecule has 2 N–H and O–H groups in total. The van der Waals surface area contributed by atoms with E-state index in [0.717, 1.165) is 5.56 Å². The Bertz CT molecular complexity index is 503. The summed E-state index contributed by atoms with van der Waals surface area (Å²) >= 11 is 0. The molecule has 5 nitrogen and oxygen atoms in total. The van der Waals surface area contributed by atoms with Crippen molar-refractivity contribution in [3.05, 3.63) is 28.8 Å². The lowest BCUT2D eigenvalue weighted by atomic mass is 9.75. The van der Waals surface area contributed by atoms with Crippen molar-refractivity contribution >= 4 is 24.8 Å². The summed E-state index contributed by atoms with van der Waals surface area (Å²) in [6, 6.07) is 3.46. The van der Waals surface area contributed by atoms with E-state index < -0.39 is 7.12 Å². The van der Waals surface area contributed by atoms with Crippen LogP contribution in [-0.2, 0) is 9.45 Å². The number of hydrogen-bond acceptors (Lipinski definition) is 4. The molecule has 1 aliphatic heterocycles. The van der Waals surface area contributed by atoms with Gasteiger partial charge >= 0.3 is 7.12 Å². The number of carbonyl (C=O) groups excluding carboxylic acids is 2. The molecular weight excluding hydrogens is 233 g/mol. The van der Waals surface area contributed by atoms with E-state index in [1.165, 1.54) is 0 Å². The Morgan fingerprint density at radius 2 is 2.33 bits per heavy atom. The van der Waals surface area contributed by atoms with E-state index in [2.05, 4.69) is 5.32 Å². The largest absolute Gasteiger partial charge is 0.492 e. The Morgan fingerprint density at radius 3 is 3.00 bits per heavy atom. The second kappa shape index (κ2) is 4.92. The molecule has 1 unspecified atom stereocenters. The van der Waals surface area contributed by atoms with E-state index in [1.807, 2.05) is 6.92 Å². The normalized spacial score (nSPS) is 17.5. The fraction of sp³-hybridized carbons (Fsp3) is 0.333. The van der Waals surface area contributed by atoms with E-state index in [0.29, 0.717) is 22.9 Å². The Morgan fingerprint density at radius 1 is 1.61 bits per heavy atom. The maximum absolute atomic E-state index is 11.8. The van der Waals surface area contributed by atoms with Crippen LogP contribution in [0.3, 0.4) is 0 Å². The van der Waals surface area contributed by atoms with Gasteiger partial charge in [-0.05, 0) is 36.5 Å². The second-order valence-corrected chi connectivity index (χ2v) is 4.25. The minimum atomic E-state index is -0.992. The molecule has 0 radical (unpaired) electrons. The summed E-state index contributed by atoms with van der Waals surface area (Å²) < 4.78 is 5.30. The third-order valence-corrected chi connectivity index (χ3v) is 3.16. The predicted octanol–water partition coefficient (Wildman–Crippen LogP) is -0.298. The molecule has 1 amide bonds. The molecule has 1 aromatic rings. The quantitative estimate of drug-likeness (QED) is 0.568. The van der Waals surface area contributed by atoms with E-state index in [-0.39, 0.29) is 18.6 Å². The molecule has 0 aromatic heterocycles. The van der Waals surface area contributed by atoms with Gasteiger partial charge in [0.15, 0.2) is 0 Å². The number of carbonyl (C=O) groups is 2.